The van der Waals surface area contributed by atoms with Gasteiger partial charge in [-0.25, -0.2) is 0 Å². The number of ether oxygens (including phenoxy) is 2. The Kier molecular flexibility index (Phi) is 12.8. The van der Waals surface area contributed by atoms with E-state index < -0.39 is 0 Å². The van der Waals surface area contributed by atoms with Crippen LogP contribution in [-0.4, -0.2) is 128 Å². The minimum absolute atomic E-state index is 0.0629. The summed E-state index contributed by atoms with van der Waals surface area (Å²) in [6, 6.07) is 17.2. The lowest BCUT2D eigenvalue weighted by Crippen LogP contribution is -2.55. The Hall–Kier alpha value is -4.16. The third kappa shape index (κ3) is 10.0. The lowest BCUT2D eigenvalue weighted by Gasteiger charge is -2.41. The second kappa shape index (κ2) is 17.9. The number of likely N-dealkylation sites (tertiary alicyclic amines) is 1. The molecule has 51 heavy (non-hydrogen) atoms. The van der Waals surface area contributed by atoms with Gasteiger partial charge in [0.2, 0.25) is 17.7 Å². The van der Waals surface area contributed by atoms with Gasteiger partial charge in [0, 0.05) is 58.3 Å². The summed E-state index contributed by atoms with van der Waals surface area (Å²) >= 11 is 0. The molecule has 5 saturated heterocycles. The highest BCUT2D eigenvalue weighted by molar-refractivity contribution is 5.88. The number of fused-ring (bicyclic) bond motifs is 9. The monoisotopic (exact) mass is 702 g/mol. The van der Waals surface area contributed by atoms with E-state index in [9.17, 15) is 19.2 Å². The second-order valence-corrected chi connectivity index (χ2v) is 14.5. The van der Waals surface area contributed by atoms with Gasteiger partial charge in [0.1, 0.15) is 11.5 Å². The minimum atomic E-state index is -0.309. The largest absolute Gasteiger partial charge is 0.497 e. The summed E-state index contributed by atoms with van der Waals surface area (Å²) in [5.41, 5.74) is 1.19. The molecule has 0 radical (unpaired) electrons. The van der Waals surface area contributed by atoms with Gasteiger partial charge in [0.05, 0.1) is 19.7 Å². The molecule has 5 fully saturated rings. The highest BCUT2D eigenvalue weighted by atomic mass is 16.5. The van der Waals surface area contributed by atoms with Crippen molar-refractivity contribution in [1.29, 1.82) is 0 Å². The Bertz CT molecular complexity index is 1480. The molecule has 0 saturated carbocycles. The average molecular weight is 703 g/mol. The average Bonchev–Trinajstić information content (AvgIpc) is 3.65. The zero-order valence-corrected chi connectivity index (χ0v) is 30.0. The summed E-state index contributed by atoms with van der Waals surface area (Å²) in [5.74, 6) is 1.62. The SMILES string of the molecule is COc1cccc(CN2CC[C@H]3CC(=O)N4CCC(CC4)N4CCC[C@H]4C(=O)N(CCNC(=O)COc4ccccc4)CC(=O)NCC[C@H]3C2)c1. The van der Waals surface area contributed by atoms with Gasteiger partial charge in [-0.05, 0) is 93.3 Å². The number of methoxy groups -OCH3 is 1. The van der Waals surface area contributed by atoms with Crippen LogP contribution >= 0.6 is 0 Å². The molecule has 2 aromatic rings. The van der Waals surface area contributed by atoms with Gasteiger partial charge in [-0.3, -0.25) is 29.0 Å². The predicted molar refractivity (Wildman–Crippen MR) is 193 cm³/mol. The minimum Gasteiger partial charge on any atom is -0.497 e. The molecule has 2 N–H and O–H groups in total. The standard InChI is InChI=1S/C39H54N6O6/c1-50-34-10-5-7-29(23-34)25-42-19-13-30-24-38(48)43-20-14-32(15-21-43)45-18-6-11-35(45)39(49)44(27-36(46)40-16-12-31(30)26-42)22-17-41-37(47)28-51-33-8-3-2-4-9-33/h2-5,7-10,23,30-32,35H,6,11-22,24-28H2,1H3,(H,40,46)(H,41,47)/t30-,31-,35-/m0/s1. The molecule has 5 aliphatic heterocycles. The predicted octanol–water partition coefficient (Wildman–Crippen LogP) is 2.52. The van der Waals surface area contributed by atoms with E-state index in [1.165, 1.54) is 5.56 Å². The van der Waals surface area contributed by atoms with Crippen LogP contribution in [0.15, 0.2) is 54.6 Å². The van der Waals surface area contributed by atoms with Gasteiger partial charge in [-0.2, -0.15) is 0 Å². The van der Waals surface area contributed by atoms with E-state index >= 15 is 0 Å². The number of carbonyl (C=O) groups excluding carboxylic acids is 4. The smallest absolute Gasteiger partial charge is 0.258 e. The number of carbonyl (C=O) groups is 4. The summed E-state index contributed by atoms with van der Waals surface area (Å²) in [5, 5.41) is 5.95. The number of amides is 4. The van der Waals surface area contributed by atoms with Crippen molar-refractivity contribution in [2.75, 3.05) is 72.6 Å². The van der Waals surface area contributed by atoms with Crippen LogP contribution in [0.5, 0.6) is 11.5 Å². The van der Waals surface area contributed by atoms with Gasteiger partial charge >= 0.3 is 0 Å². The topological polar surface area (TPSA) is 124 Å². The number of para-hydroxylation sites is 1. The van der Waals surface area contributed by atoms with Crippen LogP contribution in [0, 0.1) is 11.8 Å². The zero-order valence-electron chi connectivity index (χ0n) is 30.0. The number of nitrogens with one attached hydrogen (secondary N) is 2. The number of piperidine rings is 2. The van der Waals surface area contributed by atoms with E-state index in [0.717, 1.165) is 70.5 Å². The van der Waals surface area contributed by atoms with Gasteiger partial charge in [-0.1, -0.05) is 30.3 Å². The van der Waals surface area contributed by atoms with E-state index in [4.69, 9.17) is 9.47 Å². The van der Waals surface area contributed by atoms with E-state index in [1.54, 1.807) is 24.1 Å². The van der Waals surface area contributed by atoms with Crippen molar-refractivity contribution in [2.45, 2.75) is 63.6 Å². The molecule has 0 aliphatic carbocycles. The third-order valence-corrected chi connectivity index (χ3v) is 11.1. The molecule has 12 heteroatoms. The summed E-state index contributed by atoms with van der Waals surface area (Å²) in [6.07, 6.45) is 5.57. The van der Waals surface area contributed by atoms with Gasteiger partial charge in [-0.15, -0.1) is 0 Å². The Labute approximate surface area is 301 Å². The highest BCUT2D eigenvalue weighted by Crippen LogP contribution is 2.32. The van der Waals surface area contributed by atoms with Crippen LogP contribution in [0.4, 0.5) is 0 Å². The van der Waals surface area contributed by atoms with Crippen LogP contribution in [0.25, 0.3) is 0 Å². The van der Waals surface area contributed by atoms with E-state index in [0.29, 0.717) is 31.8 Å². The molecule has 3 atom stereocenters. The molecule has 276 valence electrons. The lowest BCUT2D eigenvalue weighted by atomic mass is 9.80. The second-order valence-electron chi connectivity index (χ2n) is 14.5. The molecular weight excluding hydrogens is 648 g/mol. The quantitative estimate of drug-likeness (QED) is 0.409. The van der Waals surface area contributed by atoms with Gasteiger partial charge < -0.3 is 29.9 Å². The fourth-order valence-corrected chi connectivity index (χ4v) is 8.37. The summed E-state index contributed by atoms with van der Waals surface area (Å²) in [7, 11) is 1.68. The van der Waals surface area contributed by atoms with Crippen LogP contribution in [0.2, 0.25) is 0 Å². The molecule has 0 unspecified atom stereocenters. The molecule has 2 aromatic carbocycles. The van der Waals surface area contributed by atoms with Crippen LogP contribution in [-0.2, 0) is 25.7 Å². The van der Waals surface area contributed by atoms with Crippen molar-refractivity contribution in [3.8, 4) is 11.5 Å². The van der Waals surface area contributed by atoms with E-state index in [-0.39, 0.29) is 73.8 Å². The molecule has 7 rings (SSSR count). The number of hydrogen-bond acceptors (Lipinski definition) is 8. The molecule has 5 aliphatic rings. The van der Waals surface area contributed by atoms with Crippen molar-refractivity contribution in [3.63, 3.8) is 0 Å². The third-order valence-electron chi connectivity index (χ3n) is 11.1. The van der Waals surface area contributed by atoms with Gasteiger partial charge in [0.25, 0.3) is 5.91 Å². The summed E-state index contributed by atoms with van der Waals surface area (Å²) < 4.78 is 11.0. The van der Waals surface area contributed by atoms with Crippen LogP contribution < -0.4 is 20.1 Å². The summed E-state index contributed by atoms with van der Waals surface area (Å²) in [6.45, 7) is 5.55. The van der Waals surface area contributed by atoms with Crippen molar-refractivity contribution in [2.24, 2.45) is 11.8 Å². The molecule has 4 amide bonds. The number of rotatable bonds is 9. The van der Waals surface area contributed by atoms with Crippen LogP contribution in [0.3, 0.4) is 0 Å². The van der Waals surface area contributed by atoms with Crippen molar-refractivity contribution in [1.82, 2.24) is 30.2 Å². The number of benzene rings is 2. The highest BCUT2D eigenvalue weighted by Gasteiger charge is 2.40. The molecule has 5 heterocycles. The molecule has 0 spiro atoms. The fourth-order valence-electron chi connectivity index (χ4n) is 8.37. The lowest BCUT2D eigenvalue weighted by molar-refractivity contribution is -0.141. The fraction of sp³-hybridized carbons (Fsp3) is 0.590. The van der Waals surface area contributed by atoms with Crippen LogP contribution in [0.1, 0.15) is 50.5 Å². The maximum atomic E-state index is 14.1. The molecule has 12 nitrogen and oxygen atoms in total. The normalized spacial score (nSPS) is 25.5. The summed E-state index contributed by atoms with van der Waals surface area (Å²) in [4.78, 5) is 62.2. The van der Waals surface area contributed by atoms with E-state index in [2.05, 4.69) is 32.6 Å². The first-order valence-corrected chi connectivity index (χ1v) is 18.7. The Balaban J connectivity index is 1.12. The maximum absolute atomic E-state index is 14.1. The Morgan fingerprint density at radius 1 is 0.902 bits per heavy atom. The first-order valence-electron chi connectivity index (χ1n) is 18.7. The number of hydrogen-bond donors (Lipinski definition) is 2. The first kappa shape index (κ1) is 36.6. The zero-order chi connectivity index (χ0) is 35.6. The van der Waals surface area contributed by atoms with Crippen molar-refractivity contribution in [3.05, 3.63) is 60.2 Å². The Morgan fingerprint density at radius 2 is 1.71 bits per heavy atom. The molecular formula is C39H54N6O6. The molecule has 2 bridgehead atoms. The maximum Gasteiger partial charge on any atom is 0.258 e. The van der Waals surface area contributed by atoms with Crippen molar-refractivity contribution >= 4 is 23.6 Å². The van der Waals surface area contributed by atoms with Crippen molar-refractivity contribution < 1.29 is 28.7 Å². The van der Waals surface area contributed by atoms with E-state index in [1.807, 2.05) is 35.2 Å². The Morgan fingerprint density at radius 3 is 2.51 bits per heavy atom. The van der Waals surface area contributed by atoms with Gasteiger partial charge in [0.15, 0.2) is 6.61 Å². The number of nitrogens with zero attached hydrogens (tertiary/aromatic N) is 4. The molecule has 0 aromatic heterocycles. The first-order chi connectivity index (χ1) is 24.9.